The van der Waals surface area contributed by atoms with Gasteiger partial charge in [0.2, 0.25) is 5.91 Å². The van der Waals surface area contributed by atoms with Crippen molar-refractivity contribution in [3.05, 3.63) is 0 Å². The van der Waals surface area contributed by atoms with Gasteiger partial charge in [-0.05, 0) is 71.1 Å². The van der Waals surface area contributed by atoms with Crippen LogP contribution in [0.2, 0.25) is 0 Å². The van der Waals surface area contributed by atoms with Gasteiger partial charge in [-0.25, -0.2) is 0 Å². The van der Waals surface area contributed by atoms with Crippen LogP contribution in [0.1, 0.15) is 59.3 Å². The number of rotatable bonds is 1. The maximum atomic E-state index is 12.7. The smallest absolute Gasteiger partial charge is 0.226 e. The number of alkyl halides is 1. The highest BCUT2D eigenvalue weighted by Gasteiger charge is 2.60. The third kappa shape index (κ3) is 2.07. The summed E-state index contributed by atoms with van der Waals surface area (Å²) < 4.78 is 0. The summed E-state index contributed by atoms with van der Waals surface area (Å²) >= 11 is 6.76. The molecular weight excluding hydrogens is 246 g/mol. The molecule has 2 unspecified atom stereocenters. The zero-order chi connectivity index (χ0) is 13.2. The van der Waals surface area contributed by atoms with E-state index in [1.807, 2.05) is 0 Å². The maximum Gasteiger partial charge on any atom is 0.226 e. The molecule has 0 aromatic heterocycles. The summed E-state index contributed by atoms with van der Waals surface area (Å²) in [6.07, 6.45) is 6.61. The summed E-state index contributed by atoms with van der Waals surface area (Å²) in [5.74, 6) is 1.64. The first-order valence-electron chi connectivity index (χ1n) is 7.21. The molecule has 2 nitrogen and oxygen atoms in total. The lowest BCUT2D eigenvalue weighted by molar-refractivity contribution is -0.146. The number of carbonyl (C=O) groups is 1. The highest BCUT2D eigenvalue weighted by molar-refractivity contribution is 6.24. The van der Waals surface area contributed by atoms with Gasteiger partial charge in [-0.2, -0.15) is 0 Å². The minimum atomic E-state index is -0.154. The van der Waals surface area contributed by atoms with Crippen molar-refractivity contribution in [1.29, 1.82) is 0 Å². The molecule has 4 saturated carbocycles. The van der Waals surface area contributed by atoms with Crippen LogP contribution >= 0.6 is 11.6 Å². The summed E-state index contributed by atoms with van der Waals surface area (Å²) in [5, 5.41) is 3.20. The van der Waals surface area contributed by atoms with E-state index < -0.39 is 0 Å². The fourth-order valence-corrected chi connectivity index (χ4v) is 5.58. The zero-order valence-electron chi connectivity index (χ0n) is 11.7. The molecule has 4 bridgehead atoms. The van der Waals surface area contributed by atoms with Crippen LogP contribution in [0.15, 0.2) is 0 Å². The molecule has 4 aliphatic rings. The van der Waals surface area contributed by atoms with Crippen molar-refractivity contribution in [2.24, 2.45) is 17.3 Å². The monoisotopic (exact) mass is 269 g/mol. The lowest BCUT2D eigenvalue weighted by atomic mass is 9.49. The number of halogens is 1. The number of carbonyl (C=O) groups excluding carboxylic acids is 1. The second-order valence-electron chi connectivity index (χ2n) is 8.10. The molecule has 4 atom stereocenters. The molecule has 4 rings (SSSR count). The number of nitrogens with one attached hydrogen (secondary N) is 1. The minimum Gasteiger partial charge on any atom is -0.351 e. The third-order valence-corrected chi connectivity index (χ3v) is 5.40. The van der Waals surface area contributed by atoms with Crippen molar-refractivity contribution in [2.75, 3.05) is 0 Å². The van der Waals surface area contributed by atoms with E-state index in [2.05, 4.69) is 26.1 Å². The summed E-state index contributed by atoms with van der Waals surface area (Å²) in [6, 6.07) is 0. The Hall–Kier alpha value is -0.240. The van der Waals surface area contributed by atoms with E-state index >= 15 is 0 Å². The van der Waals surface area contributed by atoms with Crippen LogP contribution in [-0.2, 0) is 4.79 Å². The van der Waals surface area contributed by atoms with Gasteiger partial charge in [0.1, 0.15) is 0 Å². The Balaban J connectivity index is 1.85. The molecule has 0 radical (unpaired) electrons. The van der Waals surface area contributed by atoms with E-state index in [-0.39, 0.29) is 21.7 Å². The lowest BCUT2D eigenvalue weighted by Crippen LogP contribution is -2.60. The van der Waals surface area contributed by atoms with Crippen molar-refractivity contribution >= 4 is 17.5 Å². The Kier molecular flexibility index (Phi) is 2.59. The molecule has 18 heavy (non-hydrogen) atoms. The van der Waals surface area contributed by atoms with Crippen LogP contribution in [0, 0.1) is 17.3 Å². The zero-order valence-corrected chi connectivity index (χ0v) is 12.4. The Morgan fingerprint density at radius 2 is 1.72 bits per heavy atom. The summed E-state index contributed by atoms with van der Waals surface area (Å²) in [4.78, 5) is 12.6. The van der Waals surface area contributed by atoms with Gasteiger partial charge in [0.15, 0.2) is 0 Å². The topological polar surface area (TPSA) is 29.1 Å². The molecule has 102 valence electrons. The van der Waals surface area contributed by atoms with Gasteiger partial charge in [-0.3, -0.25) is 4.79 Å². The van der Waals surface area contributed by atoms with Crippen molar-refractivity contribution in [3.63, 3.8) is 0 Å². The molecule has 0 aromatic carbocycles. The van der Waals surface area contributed by atoms with Crippen molar-refractivity contribution < 1.29 is 4.79 Å². The molecular formula is C15H24ClNO. The van der Waals surface area contributed by atoms with Crippen LogP contribution in [-0.4, -0.2) is 16.3 Å². The summed E-state index contributed by atoms with van der Waals surface area (Å²) in [6.45, 7) is 6.17. The highest BCUT2D eigenvalue weighted by Crippen LogP contribution is 2.63. The molecule has 0 aliphatic heterocycles. The number of amides is 1. The van der Waals surface area contributed by atoms with E-state index in [4.69, 9.17) is 11.6 Å². The predicted octanol–water partition coefficient (Wildman–Crippen LogP) is 3.48. The summed E-state index contributed by atoms with van der Waals surface area (Å²) in [7, 11) is 0. The fraction of sp³-hybridized carbons (Fsp3) is 0.933. The van der Waals surface area contributed by atoms with Crippen LogP contribution in [0.3, 0.4) is 0 Å². The van der Waals surface area contributed by atoms with Gasteiger partial charge in [0.25, 0.3) is 0 Å². The van der Waals surface area contributed by atoms with Gasteiger partial charge in [-0.1, -0.05) is 0 Å². The van der Waals surface area contributed by atoms with Crippen molar-refractivity contribution in [3.8, 4) is 0 Å². The van der Waals surface area contributed by atoms with E-state index in [0.29, 0.717) is 11.8 Å². The molecule has 4 fully saturated rings. The Bertz CT molecular complexity index is 370. The average molecular weight is 270 g/mol. The molecule has 0 heterocycles. The number of hydrogen-bond acceptors (Lipinski definition) is 1. The predicted molar refractivity (Wildman–Crippen MR) is 73.6 cm³/mol. The normalized spacial score (nSPS) is 46.2. The largest absolute Gasteiger partial charge is 0.351 e. The second-order valence-corrected chi connectivity index (χ2v) is 8.90. The van der Waals surface area contributed by atoms with E-state index in [9.17, 15) is 4.79 Å². The molecule has 0 aromatic rings. The average Bonchev–Trinajstić information content (AvgIpc) is 2.09. The molecule has 0 spiro atoms. The quantitative estimate of drug-likeness (QED) is 0.726. The van der Waals surface area contributed by atoms with E-state index in [1.165, 1.54) is 6.42 Å². The van der Waals surface area contributed by atoms with Crippen LogP contribution in [0.25, 0.3) is 0 Å². The van der Waals surface area contributed by atoms with E-state index in [1.54, 1.807) is 0 Å². The highest BCUT2D eigenvalue weighted by atomic mass is 35.5. The SMILES string of the molecule is CC(C)(C)NC(=O)C12C[C@@H]3C[C@@H](CC(Cl)(C3)C1)C2. The van der Waals surface area contributed by atoms with E-state index in [0.717, 1.165) is 32.1 Å². The molecule has 3 heteroatoms. The van der Waals surface area contributed by atoms with Gasteiger partial charge < -0.3 is 5.32 Å². The van der Waals surface area contributed by atoms with Gasteiger partial charge in [0.05, 0.1) is 5.41 Å². The van der Waals surface area contributed by atoms with Crippen LogP contribution in [0.4, 0.5) is 0 Å². The Labute approximate surface area is 115 Å². The van der Waals surface area contributed by atoms with Crippen molar-refractivity contribution in [2.45, 2.75) is 69.7 Å². The molecule has 1 N–H and O–H groups in total. The standard InChI is InChI=1S/C15H24ClNO/c1-13(2,3)17-12(18)14-5-10-4-11(6-14)8-15(16,7-10)9-14/h10-11H,4-9H2,1-3H3,(H,17,18)/t10-,11+,14?,15?. The van der Waals surface area contributed by atoms with Gasteiger partial charge in [0, 0.05) is 10.4 Å². The van der Waals surface area contributed by atoms with Gasteiger partial charge in [-0.15, -0.1) is 11.6 Å². The molecule has 0 saturated heterocycles. The first-order chi connectivity index (χ1) is 8.20. The summed E-state index contributed by atoms with van der Waals surface area (Å²) in [5.41, 5.74) is -0.293. The lowest BCUT2D eigenvalue weighted by Gasteiger charge is -2.59. The van der Waals surface area contributed by atoms with Gasteiger partial charge >= 0.3 is 0 Å². The fourth-order valence-electron chi connectivity index (χ4n) is 4.89. The Morgan fingerprint density at radius 3 is 2.17 bits per heavy atom. The first kappa shape index (κ1) is 12.8. The molecule has 1 amide bonds. The number of hydrogen-bond donors (Lipinski definition) is 1. The van der Waals surface area contributed by atoms with Crippen LogP contribution in [0.5, 0.6) is 0 Å². The third-order valence-electron chi connectivity index (χ3n) is 4.96. The second kappa shape index (κ2) is 3.65. The molecule has 4 aliphatic carbocycles. The Morgan fingerprint density at radius 1 is 1.17 bits per heavy atom. The van der Waals surface area contributed by atoms with Crippen LogP contribution < -0.4 is 5.32 Å². The maximum absolute atomic E-state index is 12.7. The van der Waals surface area contributed by atoms with Crippen molar-refractivity contribution in [1.82, 2.24) is 5.32 Å². The minimum absolute atomic E-state index is 0.0701. The first-order valence-corrected chi connectivity index (χ1v) is 7.59.